The molecule has 0 spiro atoms. The van der Waals surface area contributed by atoms with Crippen molar-refractivity contribution in [1.82, 2.24) is 9.78 Å². The number of carbonyl (C=O) groups excluding carboxylic acids is 1. The highest BCUT2D eigenvalue weighted by molar-refractivity contribution is 6.17. The second-order valence-electron chi connectivity index (χ2n) is 4.38. The maximum atomic E-state index is 12.0. The van der Waals surface area contributed by atoms with E-state index in [-0.39, 0.29) is 5.78 Å². The summed E-state index contributed by atoms with van der Waals surface area (Å²) in [5, 5.41) is 4.14. The molecule has 21 heavy (non-hydrogen) atoms. The van der Waals surface area contributed by atoms with Crippen molar-refractivity contribution in [2.24, 2.45) is 0 Å². The molecule has 0 fully saturated rings. The summed E-state index contributed by atoms with van der Waals surface area (Å²) >= 11 is 5.64. The molecule has 4 nitrogen and oxygen atoms in total. The minimum absolute atomic E-state index is 0.0526. The number of hydrogen-bond donors (Lipinski definition) is 0. The third-order valence-electron chi connectivity index (χ3n) is 2.84. The molecule has 2 aromatic rings. The van der Waals surface area contributed by atoms with Gasteiger partial charge in [0.1, 0.15) is 5.75 Å². The predicted molar refractivity (Wildman–Crippen MR) is 83.9 cm³/mol. The van der Waals surface area contributed by atoms with Gasteiger partial charge >= 0.3 is 0 Å². The molecule has 0 saturated heterocycles. The zero-order valence-electron chi connectivity index (χ0n) is 11.8. The first-order chi connectivity index (χ1) is 10.2. The van der Waals surface area contributed by atoms with Gasteiger partial charge in [0.2, 0.25) is 0 Å². The fraction of sp³-hybridized carbons (Fsp3) is 0.250. The lowest BCUT2D eigenvalue weighted by molar-refractivity contribution is 0.104. The summed E-state index contributed by atoms with van der Waals surface area (Å²) in [6.45, 7) is 3.19. The van der Waals surface area contributed by atoms with Crippen LogP contribution in [0.15, 0.2) is 42.7 Å². The summed E-state index contributed by atoms with van der Waals surface area (Å²) in [4.78, 5) is 12.0. The van der Waals surface area contributed by atoms with Gasteiger partial charge in [-0.2, -0.15) is 5.10 Å². The normalized spacial score (nSPS) is 11.0. The number of nitrogens with zero attached hydrogens (tertiary/aromatic N) is 2. The summed E-state index contributed by atoms with van der Waals surface area (Å²) in [5.74, 6) is 1.22. The maximum absolute atomic E-state index is 12.0. The third kappa shape index (κ3) is 4.46. The molecular weight excluding hydrogens is 288 g/mol. The van der Waals surface area contributed by atoms with Crippen LogP contribution in [0, 0.1) is 0 Å². The Morgan fingerprint density at radius 2 is 2.14 bits per heavy atom. The minimum atomic E-state index is -0.0526. The van der Waals surface area contributed by atoms with E-state index in [0.29, 0.717) is 24.6 Å². The molecule has 0 aliphatic heterocycles. The van der Waals surface area contributed by atoms with Crippen molar-refractivity contribution in [1.29, 1.82) is 0 Å². The number of allylic oxidation sites excluding steroid dienone is 1. The van der Waals surface area contributed by atoms with Crippen molar-refractivity contribution in [2.45, 2.75) is 13.5 Å². The fourth-order valence-electron chi connectivity index (χ4n) is 1.82. The van der Waals surface area contributed by atoms with Gasteiger partial charge in [0.25, 0.3) is 0 Å². The quantitative estimate of drug-likeness (QED) is 0.447. The molecule has 0 saturated carbocycles. The Kier molecular flexibility index (Phi) is 5.58. The molecule has 1 heterocycles. The molecule has 0 aliphatic carbocycles. The predicted octanol–water partition coefficient (Wildman–Crippen LogP) is 3.42. The van der Waals surface area contributed by atoms with Crippen molar-refractivity contribution >= 4 is 23.5 Å². The molecule has 5 heteroatoms. The molecule has 0 unspecified atom stereocenters. The van der Waals surface area contributed by atoms with E-state index in [1.807, 2.05) is 13.1 Å². The van der Waals surface area contributed by atoms with Crippen LogP contribution in [-0.4, -0.2) is 28.1 Å². The Balaban J connectivity index is 2.00. The number of alkyl halides is 1. The van der Waals surface area contributed by atoms with Crippen molar-refractivity contribution in [3.8, 4) is 5.75 Å². The molecule has 1 aromatic heterocycles. The third-order valence-corrected chi connectivity index (χ3v) is 3.01. The van der Waals surface area contributed by atoms with Crippen LogP contribution in [-0.2, 0) is 6.54 Å². The summed E-state index contributed by atoms with van der Waals surface area (Å²) < 4.78 is 7.09. The Morgan fingerprint density at radius 3 is 2.81 bits per heavy atom. The lowest BCUT2D eigenvalue weighted by Crippen LogP contribution is -1.98. The summed E-state index contributed by atoms with van der Waals surface area (Å²) in [5.41, 5.74) is 1.50. The molecule has 110 valence electrons. The Morgan fingerprint density at radius 1 is 1.38 bits per heavy atom. The van der Waals surface area contributed by atoms with Gasteiger partial charge in [-0.3, -0.25) is 9.48 Å². The highest BCUT2D eigenvalue weighted by atomic mass is 35.5. The number of ketones is 1. The van der Waals surface area contributed by atoms with Gasteiger partial charge in [0.05, 0.1) is 19.3 Å². The standard InChI is InChI=1S/C16H17ClN2O2/c1-2-21-15-6-4-14(5-7-15)16(20)8-3-13-11-18-19(12-13)10-9-17/h3-8,11-12H,2,9-10H2,1H3. The number of aromatic nitrogens is 2. The van der Waals surface area contributed by atoms with Gasteiger partial charge in [0, 0.05) is 23.2 Å². The van der Waals surface area contributed by atoms with Crippen molar-refractivity contribution < 1.29 is 9.53 Å². The number of halogens is 1. The first-order valence-corrected chi connectivity index (χ1v) is 7.30. The SMILES string of the molecule is CCOc1ccc(C(=O)C=Cc2cnn(CCCl)c2)cc1. The maximum Gasteiger partial charge on any atom is 0.185 e. The first-order valence-electron chi connectivity index (χ1n) is 6.76. The zero-order chi connectivity index (χ0) is 15.1. The molecule has 0 aliphatic rings. The monoisotopic (exact) mass is 304 g/mol. The Labute approximate surface area is 129 Å². The molecular formula is C16H17ClN2O2. The van der Waals surface area contributed by atoms with Crippen molar-refractivity contribution in [3.05, 3.63) is 53.9 Å². The number of carbonyl (C=O) groups is 1. The van der Waals surface area contributed by atoms with Gasteiger partial charge in [-0.1, -0.05) is 0 Å². The summed E-state index contributed by atoms with van der Waals surface area (Å²) in [6, 6.07) is 7.11. The van der Waals surface area contributed by atoms with Gasteiger partial charge in [-0.05, 0) is 43.3 Å². The molecule has 0 amide bonds. The van der Waals surface area contributed by atoms with E-state index >= 15 is 0 Å². The van der Waals surface area contributed by atoms with Crippen LogP contribution < -0.4 is 4.74 Å². The molecule has 1 aromatic carbocycles. The average molecular weight is 305 g/mol. The van der Waals surface area contributed by atoms with Crippen molar-refractivity contribution in [3.63, 3.8) is 0 Å². The highest BCUT2D eigenvalue weighted by Crippen LogP contribution is 2.13. The highest BCUT2D eigenvalue weighted by Gasteiger charge is 2.02. The van der Waals surface area contributed by atoms with Crippen LogP contribution in [0.5, 0.6) is 5.75 Å². The molecule has 0 N–H and O–H groups in total. The van der Waals surface area contributed by atoms with E-state index in [1.165, 1.54) is 6.08 Å². The largest absolute Gasteiger partial charge is 0.494 e. The fourth-order valence-corrected chi connectivity index (χ4v) is 2.00. The van der Waals surface area contributed by atoms with Crippen LogP contribution in [0.25, 0.3) is 6.08 Å². The lowest BCUT2D eigenvalue weighted by Gasteiger charge is -2.02. The van der Waals surface area contributed by atoms with Crippen LogP contribution in [0.2, 0.25) is 0 Å². The number of rotatable bonds is 7. The number of aryl methyl sites for hydroxylation is 1. The van der Waals surface area contributed by atoms with E-state index in [2.05, 4.69) is 5.10 Å². The Bertz CT molecular complexity index is 617. The lowest BCUT2D eigenvalue weighted by atomic mass is 10.1. The van der Waals surface area contributed by atoms with E-state index < -0.39 is 0 Å². The minimum Gasteiger partial charge on any atom is -0.494 e. The molecule has 2 rings (SSSR count). The van der Waals surface area contributed by atoms with Crippen LogP contribution in [0.1, 0.15) is 22.8 Å². The summed E-state index contributed by atoms with van der Waals surface area (Å²) in [7, 11) is 0. The van der Waals surface area contributed by atoms with E-state index in [1.54, 1.807) is 41.2 Å². The molecule has 0 bridgehead atoms. The smallest absolute Gasteiger partial charge is 0.185 e. The first kappa shape index (κ1) is 15.3. The van der Waals surface area contributed by atoms with Gasteiger partial charge in [-0.25, -0.2) is 0 Å². The molecule has 0 radical (unpaired) electrons. The van der Waals surface area contributed by atoms with Crippen LogP contribution >= 0.6 is 11.6 Å². The second kappa shape index (κ2) is 7.64. The van der Waals surface area contributed by atoms with E-state index in [4.69, 9.17) is 16.3 Å². The molecule has 0 atom stereocenters. The second-order valence-corrected chi connectivity index (χ2v) is 4.76. The van der Waals surface area contributed by atoms with Gasteiger partial charge < -0.3 is 4.74 Å². The van der Waals surface area contributed by atoms with Crippen LogP contribution in [0.3, 0.4) is 0 Å². The van der Waals surface area contributed by atoms with Crippen molar-refractivity contribution in [2.75, 3.05) is 12.5 Å². The average Bonchev–Trinajstić information content (AvgIpc) is 2.94. The van der Waals surface area contributed by atoms with Gasteiger partial charge in [0.15, 0.2) is 5.78 Å². The van der Waals surface area contributed by atoms with Crippen LogP contribution in [0.4, 0.5) is 0 Å². The van der Waals surface area contributed by atoms with E-state index in [0.717, 1.165) is 11.3 Å². The summed E-state index contributed by atoms with van der Waals surface area (Å²) in [6.07, 6.45) is 6.84. The topological polar surface area (TPSA) is 44.1 Å². The number of ether oxygens (including phenoxy) is 1. The number of hydrogen-bond acceptors (Lipinski definition) is 3. The number of benzene rings is 1. The van der Waals surface area contributed by atoms with Gasteiger partial charge in [-0.15, -0.1) is 11.6 Å². The van der Waals surface area contributed by atoms with E-state index in [9.17, 15) is 4.79 Å². The Hall–Kier alpha value is -2.07. The zero-order valence-corrected chi connectivity index (χ0v) is 12.6.